The van der Waals surface area contributed by atoms with Gasteiger partial charge in [0.25, 0.3) is 0 Å². The summed E-state index contributed by atoms with van der Waals surface area (Å²) in [5, 5.41) is 16.9. The minimum Gasteiger partial charge on any atom is -0.479 e. The number of carboxylic acid groups (broad SMARTS) is 1. The quantitative estimate of drug-likeness (QED) is 0.324. The molecule has 0 rings (SSSR count). The largest absolute Gasteiger partial charge is 0.479 e. The molecule has 0 spiro atoms. The second-order valence-corrected chi connectivity index (χ2v) is 3.13. The number of carbonyl (C=O) groups is 1. The predicted octanol–water partition coefficient (Wildman–Crippen LogP) is -0.236. The maximum absolute atomic E-state index is 10.4. The van der Waals surface area contributed by atoms with Crippen LogP contribution in [0.3, 0.4) is 0 Å². The van der Waals surface area contributed by atoms with Gasteiger partial charge in [0, 0.05) is 6.42 Å². The number of hydrogen-bond donors (Lipinski definition) is 3. The fourth-order valence-electron chi connectivity index (χ4n) is 0.807. The van der Waals surface area contributed by atoms with Crippen molar-refractivity contribution in [1.82, 2.24) is 10.4 Å². The molecule has 0 radical (unpaired) electrons. The van der Waals surface area contributed by atoms with E-state index in [-0.39, 0.29) is 0 Å². The molecule has 0 aromatic rings. The van der Waals surface area contributed by atoms with Crippen LogP contribution in [0.15, 0.2) is 0 Å². The molecule has 1 unspecified atom stereocenters. The lowest BCUT2D eigenvalue weighted by Gasteiger charge is -2.06. The molecule has 80 valence electrons. The lowest BCUT2D eigenvalue weighted by Crippen LogP contribution is -2.32. The van der Waals surface area contributed by atoms with E-state index in [9.17, 15) is 4.79 Å². The van der Waals surface area contributed by atoms with Gasteiger partial charge in [0.05, 0.1) is 0 Å². The summed E-state index contributed by atoms with van der Waals surface area (Å²) in [6.07, 6.45) is 1.52. The van der Waals surface area contributed by atoms with Crippen LogP contribution in [0, 0.1) is 11.8 Å². The standard InChI is InChI=1S/C9H16N2O3/c1-11(2)7-5-3-4-6-8(10-14)9(12)13/h8,10,14H,3,5,7H2,1-2H3,(H,12,13). The van der Waals surface area contributed by atoms with Crippen molar-refractivity contribution in [3.63, 3.8) is 0 Å². The molecule has 0 heterocycles. The Morgan fingerprint density at radius 2 is 2.21 bits per heavy atom. The number of hydroxylamine groups is 1. The van der Waals surface area contributed by atoms with Gasteiger partial charge >= 0.3 is 5.97 Å². The van der Waals surface area contributed by atoms with Crippen LogP contribution in [0.4, 0.5) is 0 Å². The van der Waals surface area contributed by atoms with E-state index in [1.165, 1.54) is 0 Å². The fraction of sp³-hybridized carbons (Fsp3) is 0.667. The smallest absolute Gasteiger partial charge is 0.335 e. The topological polar surface area (TPSA) is 72.8 Å². The van der Waals surface area contributed by atoms with E-state index in [1.807, 2.05) is 19.0 Å². The van der Waals surface area contributed by atoms with Crippen LogP contribution in [-0.4, -0.2) is 47.9 Å². The summed E-state index contributed by atoms with van der Waals surface area (Å²) in [4.78, 5) is 12.4. The van der Waals surface area contributed by atoms with Crippen molar-refractivity contribution in [3.8, 4) is 11.8 Å². The van der Waals surface area contributed by atoms with Gasteiger partial charge in [-0.25, -0.2) is 4.79 Å². The lowest BCUT2D eigenvalue weighted by atomic mass is 10.2. The Labute approximate surface area is 83.7 Å². The van der Waals surface area contributed by atoms with Crippen molar-refractivity contribution in [1.29, 1.82) is 0 Å². The zero-order valence-corrected chi connectivity index (χ0v) is 8.45. The Hall–Kier alpha value is -1.09. The first-order valence-electron chi connectivity index (χ1n) is 4.33. The molecule has 0 aliphatic heterocycles. The second kappa shape index (κ2) is 7.33. The zero-order valence-electron chi connectivity index (χ0n) is 8.45. The van der Waals surface area contributed by atoms with Crippen LogP contribution in [0.2, 0.25) is 0 Å². The third-order valence-electron chi connectivity index (χ3n) is 1.53. The Balaban J connectivity index is 3.74. The average Bonchev–Trinajstić information content (AvgIpc) is 2.10. The summed E-state index contributed by atoms with van der Waals surface area (Å²) in [6.45, 7) is 0.916. The van der Waals surface area contributed by atoms with Gasteiger partial charge < -0.3 is 15.2 Å². The van der Waals surface area contributed by atoms with E-state index >= 15 is 0 Å². The van der Waals surface area contributed by atoms with Crippen molar-refractivity contribution in [2.24, 2.45) is 0 Å². The number of nitrogens with one attached hydrogen (secondary N) is 1. The maximum atomic E-state index is 10.4. The van der Waals surface area contributed by atoms with Crippen LogP contribution in [0.25, 0.3) is 0 Å². The minimum atomic E-state index is -1.19. The first-order chi connectivity index (χ1) is 6.57. The number of aliphatic carboxylic acids is 1. The molecule has 0 aromatic heterocycles. The third-order valence-corrected chi connectivity index (χ3v) is 1.53. The first kappa shape index (κ1) is 12.9. The molecule has 0 aromatic carbocycles. The predicted molar refractivity (Wildman–Crippen MR) is 51.9 cm³/mol. The summed E-state index contributed by atoms with van der Waals surface area (Å²) >= 11 is 0. The van der Waals surface area contributed by atoms with E-state index in [2.05, 4.69) is 11.8 Å². The molecule has 0 bridgehead atoms. The number of hydrogen-bond acceptors (Lipinski definition) is 4. The van der Waals surface area contributed by atoms with Gasteiger partial charge in [0.2, 0.25) is 0 Å². The van der Waals surface area contributed by atoms with Gasteiger partial charge in [-0.1, -0.05) is 5.92 Å². The van der Waals surface area contributed by atoms with E-state index in [0.29, 0.717) is 6.42 Å². The SMILES string of the molecule is CN(C)CCCC#CC(NO)C(=O)O. The first-order valence-corrected chi connectivity index (χ1v) is 4.33. The summed E-state index contributed by atoms with van der Waals surface area (Å²) in [5.41, 5.74) is 1.62. The summed E-state index contributed by atoms with van der Waals surface area (Å²) < 4.78 is 0. The van der Waals surface area contributed by atoms with Crippen LogP contribution >= 0.6 is 0 Å². The minimum absolute atomic E-state index is 0.629. The monoisotopic (exact) mass is 200 g/mol. The highest BCUT2D eigenvalue weighted by atomic mass is 16.5. The Kier molecular flexibility index (Phi) is 6.76. The molecule has 5 heteroatoms. The summed E-state index contributed by atoms with van der Waals surface area (Å²) in [5.74, 6) is 3.93. The average molecular weight is 200 g/mol. The van der Waals surface area contributed by atoms with Crippen LogP contribution in [0.1, 0.15) is 12.8 Å². The van der Waals surface area contributed by atoms with Gasteiger partial charge in [-0.05, 0) is 27.1 Å². The van der Waals surface area contributed by atoms with Crippen LogP contribution in [0.5, 0.6) is 0 Å². The molecule has 1 atom stereocenters. The molecule has 0 fully saturated rings. The third kappa shape index (κ3) is 6.43. The number of nitrogens with zero attached hydrogens (tertiary/aromatic N) is 1. The van der Waals surface area contributed by atoms with E-state index in [0.717, 1.165) is 13.0 Å². The number of rotatable bonds is 5. The normalized spacial score (nSPS) is 12.0. The van der Waals surface area contributed by atoms with Gasteiger partial charge in [-0.3, -0.25) is 0 Å². The van der Waals surface area contributed by atoms with Crippen LogP contribution < -0.4 is 5.48 Å². The van der Waals surface area contributed by atoms with Gasteiger partial charge in [0.1, 0.15) is 0 Å². The molecule has 0 aliphatic carbocycles. The van der Waals surface area contributed by atoms with E-state index in [1.54, 1.807) is 5.48 Å². The van der Waals surface area contributed by atoms with E-state index < -0.39 is 12.0 Å². The molecule has 14 heavy (non-hydrogen) atoms. The van der Waals surface area contributed by atoms with Crippen molar-refractivity contribution in [2.45, 2.75) is 18.9 Å². The Morgan fingerprint density at radius 1 is 1.57 bits per heavy atom. The molecular weight excluding hydrogens is 184 g/mol. The molecular formula is C9H16N2O3. The fourth-order valence-corrected chi connectivity index (χ4v) is 0.807. The summed E-state index contributed by atoms with van der Waals surface area (Å²) in [7, 11) is 3.92. The van der Waals surface area contributed by atoms with Crippen LogP contribution in [-0.2, 0) is 4.79 Å². The van der Waals surface area contributed by atoms with Crippen molar-refractivity contribution >= 4 is 5.97 Å². The lowest BCUT2D eigenvalue weighted by molar-refractivity contribution is -0.140. The second-order valence-electron chi connectivity index (χ2n) is 3.13. The molecule has 0 amide bonds. The van der Waals surface area contributed by atoms with E-state index in [4.69, 9.17) is 10.3 Å². The summed E-state index contributed by atoms with van der Waals surface area (Å²) in [6, 6.07) is -1.19. The van der Waals surface area contributed by atoms with Crippen molar-refractivity contribution in [2.75, 3.05) is 20.6 Å². The van der Waals surface area contributed by atoms with Crippen molar-refractivity contribution in [3.05, 3.63) is 0 Å². The molecule has 3 N–H and O–H groups in total. The molecule has 0 saturated carbocycles. The molecule has 5 nitrogen and oxygen atoms in total. The van der Waals surface area contributed by atoms with Gasteiger partial charge in [0.15, 0.2) is 6.04 Å². The van der Waals surface area contributed by atoms with Gasteiger partial charge in [-0.2, -0.15) is 5.48 Å². The number of carboxylic acids is 1. The van der Waals surface area contributed by atoms with Gasteiger partial charge in [-0.15, -0.1) is 5.92 Å². The molecule has 0 saturated heterocycles. The maximum Gasteiger partial charge on any atom is 0.335 e. The Morgan fingerprint density at radius 3 is 2.64 bits per heavy atom. The van der Waals surface area contributed by atoms with Crippen molar-refractivity contribution < 1.29 is 15.1 Å². The highest BCUT2D eigenvalue weighted by Crippen LogP contribution is 1.89. The highest BCUT2D eigenvalue weighted by molar-refractivity contribution is 5.77. The highest BCUT2D eigenvalue weighted by Gasteiger charge is 2.10. The molecule has 0 aliphatic rings. The zero-order chi connectivity index (χ0) is 11.0. The number of unbranched alkanes of at least 4 members (excludes halogenated alkanes) is 1. The Bertz CT molecular complexity index is 230.